The number of carbonyl (C=O) groups excluding carboxylic acids is 1. The second-order valence-corrected chi connectivity index (χ2v) is 6.93. The molecule has 0 aliphatic heterocycles. The van der Waals surface area contributed by atoms with Crippen molar-refractivity contribution in [2.45, 2.75) is 26.2 Å². The molecule has 1 nitrogen and oxygen atoms in total. The highest BCUT2D eigenvalue weighted by atomic mass is 35.5. The van der Waals surface area contributed by atoms with Gasteiger partial charge in [0.15, 0.2) is 0 Å². The van der Waals surface area contributed by atoms with Gasteiger partial charge in [0, 0.05) is 16.0 Å². The summed E-state index contributed by atoms with van der Waals surface area (Å²) in [6.07, 6.45) is 3.57. The smallest absolute Gasteiger partial charge is 0.123 e. The summed E-state index contributed by atoms with van der Waals surface area (Å²) < 4.78 is 0. The van der Waals surface area contributed by atoms with Crippen molar-refractivity contribution in [1.82, 2.24) is 0 Å². The molecule has 0 aromatic heterocycles. The molecule has 3 rings (SSSR count). The van der Waals surface area contributed by atoms with Gasteiger partial charge in [-0.1, -0.05) is 47.5 Å². The van der Waals surface area contributed by atoms with Crippen LogP contribution in [0.15, 0.2) is 42.5 Å². The van der Waals surface area contributed by atoms with Gasteiger partial charge in [-0.15, -0.1) is 0 Å². The van der Waals surface area contributed by atoms with Gasteiger partial charge in [0.2, 0.25) is 0 Å². The minimum Gasteiger partial charge on any atom is -0.303 e. The van der Waals surface area contributed by atoms with Crippen molar-refractivity contribution < 1.29 is 4.79 Å². The van der Waals surface area contributed by atoms with E-state index in [1.54, 1.807) is 0 Å². The summed E-state index contributed by atoms with van der Waals surface area (Å²) in [5.41, 5.74) is 5.78. The lowest BCUT2D eigenvalue weighted by Gasteiger charge is -2.26. The van der Waals surface area contributed by atoms with Crippen LogP contribution in [0.4, 0.5) is 0 Å². The van der Waals surface area contributed by atoms with Gasteiger partial charge in [0.05, 0.1) is 0 Å². The molecule has 1 unspecified atom stereocenters. The lowest BCUT2D eigenvalue weighted by Crippen LogP contribution is -2.11. The lowest BCUT2D eigenvalue weighted by atomic mass is 9.79. The van der Waals surface area contributed by atoms with Gasteiger partial charge in [-0.3, -0.25) is 0 Å². The van der Waals surface area contributed by atoms with Crippen molar-refractivity contribution in [2.24, 2.45) is 5.92 Å². The molecular formula is C20H18Cl2O. The fourth-order valence-electron chi connectivity index (χ4n) is 3.19. The van der Waals surface area contributed by atoms with Crippen LogP contribution < -0.4 is 0 Å². The zero-order valence-corrected chi connectivity index (χ0v) is 14.5. The summed E-state index contributed by atoms with van der Waals surface area (Å²) in [5, 5.41) is 1.48. The number of allylic oxidation sites excluding steroid dienone is 2. The van der Waals surface area contributed by atoms with Crippen molar-refractivity contribution in [3.05, 3.63) is 69.2 Å². The average Bonchev–Trinajstić information content (AvgIpc) is 2.55. The zero-order valence-electron chi connectivity index (χ0n) is 13.0. The lowest BCUT2D eigenvalue weighted by molar-refractivity contribution is -0.111. The monoisotopic (exact) mass is 344 g/mol. The first kappa shape index (κ1) is 16.3. The van der Waals surface area contributed by atoms with Gasteiger partial charge in [-0.25, -0.2) is 0 Å². The van der Waals surface area contributed by atoms with Crippen molar-refractivity contribution in [3.8, 4) is 0 Å². The maximum Gasteiger partial charge on any atom is 0.123 e. The van der Waals surface area contributed by atoms with E-state index in [4.69, 9.17) is 23.2 Å². The molecule has 0 saturated heterocycles. The maximum atomic E-state index is 11.3. The Kier molecular flexibility index (Phi) is 4.89. The quantitative estimate of drug-likeness (QED) is 0.604. The fraction of sp³-hybridized carbons (Fsp3) is 0.250. The van der Waals surface area contributed by atoms with E-state index in [0.29, 0.717) is 0 Å². The first-order chi connectivity index (χ1) is 11.1. The predicted octanol–water partition coefficient (Wildman–Crippen LogP) is 6.21. The Morgan fingerprint density at radius 3 is 2.43 bits per heavy atom. The molecule has 2 aromatic carbocycles. The Morgan fingerprint density at radius 1 is 1.04 bits per heavy atom. The molecule has 118 valence electrons. The largest absolute Gasteiger partial charge is 0.303 e. The van der Waals surface area contributed by atoms with Crippen LogP contribution in [0.3, 0.4) is 0 Å². The molecule has 0 fully saturated rings. The minimum atomic E-state index is 0.0680. The SMILES string of the molecule is Cc1ccc(C2=C(c3ccc(Cl)cc3)CCC(C=O)C2)c(Cl)c1. The Hall–Kier alpha value is -1.57. The van der Waals surface area contributed by atoms with E-state index in [0.717, 1.165) is 52.3 Å². The predicted molar refractivity (Wildman–Crippen MR) is 97.9 cm³/mol. The summed E-state index contributed by atoms with van der Waals surface area (Å²) in [5.74, 6) is 0.0680. The number of aldehydes is 1. The van der Waals surface area contributed by atoms with E-state index in [9.17, 15) is 4.79 Å². The van der Waals surface area contributed by atoms with E-state index < -0.39 is 0 Å². The molecule has 0 saturated carbocycles. The van der Waals surface area contributed by atoms with Crippen molar-refractivity contribution >= 4 is 40.6 Å². The van der Waals surface area contributed by atoms with Gasteiger partial charge in [-0.2, -0.15) is 0 Å². The molecular weight excluding hydrogens is 327 g/mol. The van der Waals surface area contributed by atoms with E-state index in [1.165, 1.54) is 11.1 Å². The number of benzene rings is 2. The van der Waals surface area contributed by atoms with Crippen LogP contribution in [0.1, 0.15) is 36.0 Å². The highest BCUT2D eigenvalue weighted by molar-refractivity contribution is 6.32. The summed E-state index contributed by atoms with van der Waals surface area (Å²) in [7, 11) is 0. The number of hydrogen-bond donors (Lipinski definition) is 0. The molecule has 0 bridgehead atoms. The third-order valence-electron chi connectivity index (χ3n) is 4.43. The molecule has 1 aliphatic carbocycles. The topological polar surface area (TPSA) is 17.1 Å². The number of hydrogen-bond acceptors (Lipinski definition) is 1. The van der Waals surface area contributed by atoms with Crippen LogP contribution in [0.2, 0.25) is 10.0 Å². The number of aryl methyl sites for hydroxylation is 1. The Labute approximate surface area is 146 Å². The standard InChI is InChI=1S/C20H18Cl2O/c1-13-2-8-18(20(22)10-13)19-11-14(12-23)3-9-17(19)15-4-6-16(21)7-5-15/h2,4-8,10,12,14H,3,9,11H2,1H3. The number of carbonyl (C=O) groups is 1. The second-order valence-electron chi connectivity index (χ2n) is 6.09. The fourth-order valence-corrected chi connectivity index (χ4v) is 3.67. The Morgan fingerprint density at radius 2 is 1.78 bits per heavy atom. The third-order valence-corrected chi connectivity index (χ3v) is 5.00. The van der Waals surface area contributed by atoms with Crippen LogP contribution in [-0.2, 0) is 4.79 Å². The second kappa shape index (κ2) is 6.90. The zero-order chi connectivity index (χ0) is 16.4. The highest BCUT2D eigenvalue weighted by Crippen LogP contribution is 2.42. The molecule has 2 aromatic rings. The molecule has 0 N–H and O–H groups in total. The first-order valence-corrected chi connectivity index (χ1v) is 8.54. The van der Waals surface area contributed by atoms with Crippen LogP contribution in [0, 0.1) is 12.8 Å². The molecule has 1 atom stereocenters. The van der Waals surface area contributed by atoms with Gasteiger partial charge in [0.1, 0.15) is 6.29 Å². The summed E-state index contributed by atoms with van der Waals surface area (Å²) in [6.45, 7) is 2.03. The molecule has 0 heterocycles. The third kappa shape index (κ3) is 3.52. The van der Waals surface area contributed by atoms with E-state index in [2.05, 4.69) is 12.1 Å². The van der Waals surface area contributed by atoms with Crippen LogP contribution in [0.5, 0.6) is 0 Å². The molecule has 3 heteroatoms. The van der Waals surface area contributed by atoms with Crippen molar-refractivity contribution in [3.63, 3.8) is 0 Å². The highest BCUT2D eigenvalue weighted by Gasteiger charge is 2.23. The Bertz CT molecular complexity index is 760. The van der Waals surface area contributed by atoms with Gasteiger partial charge < -0.3 is 4.79 Å². The van der Waals surface area contributed by atoms with Gasteiger partial charge in [0.25, 0.3) is 0 Å². The molecule has 23 heavy (non-hydrogen) atoms. The number of halogens is 2. The molecule has 0 spiro atoms. The molecule has 0 amide bonds. The van der Waals surface area contributed by atoms with Gasteiger partial charge in [-0.05, 0) is 72.2 Å². The summed E-state index contributed by atoms with van der Waals surface area (Å²) >= 11 is 12.5. The van der Waals surface area contributed by atoms with E-state index in [-0.39, 0.29) is 5.92 Å². The van der Waals surface area contributed by atoms with Crippen molar-refractivity contribution in [2.75, 3.05) is 0 Å². The Balaban J connectivity index is 2.14. The summed E-state index contributed by atoms with van der Waals surface area (Å²) in [6, 6.07) is 14.0. The maximum absolute atomic E-state index is 11.3. The first-order valence-electron chi connectivity index (χ1n) is 7.78. The van der Waals surface area contributed by atoms with Crippen LogP contribution >= 0.6 is 23.2 Å². The normalized spacial score (nSPS) is 18.1. The minimum absolute atomic E-state index is 0.0680. The number of rotatable bonds is 3. The van der Waals surface area contributed by atoms with E-state index in [1.807, 2.05) is 37.3 Å². The van der Waals surface area contributed by atoms with Gasteiger partial charge >= 0.3 is 0 Å². The molecule has 0 radical (unpaired) electrons. The average molecular weight is 345 g/mol. The van der Waals surface area contributed by atoms with Crippen LogP contribution in [-0.4, -0.2) is 6.29 Å². The van der Waals surface area contributed by atoms with Crippen LogP contribution in [0.25, 0.3) is 11.1 Å². The van der Waals surface area contributed by atoms with E-state index >= 15 is 0 Å². The summed E-state index contributed by atoms with van der Waals surface area (Å²) in [4.78, 5) is 11.3. The molecule has 1 aliphatic rings. The van der Waals surface area contributed by atoms with Crippen molar-refractivity contribution in [1.29, 1.82) is 0 Å².